The molecule has 2 unspecified atom stereocenters. The summed E-state index contributed by atoms with van der Waals surface area (Å²) in [5.74, 6) is 0.722. The van der Waals surface area contributed by atoms with Gasteiger partial charge in [0.05, 0.1) is 32.5 Å². The highest BCUT2D eigenvalue weighted by atomic mass is 16.5. The Balaban J connectivity index is 2.32. The van der Waals surface area contributed by atoms with Gasteiger partial charge >= 0.3 is 0 Å². The molecule has 0 aliphatic carbocycles. The fraction of sp³-hybridized carbons (Fsp3) is 0.571. The van der Waals surface area contributed by atoms with Crippen LogP contribution in [0.25, 0.3) is 0 Å². The molecule has 0 saturated carbocycles. The number of hydrogen-bond donors (Lipinski definition) is 2. The molecule has 0 aliphatic rings. The van der Waals surface area contributed by atoms with E-state index in [1.54, 1.807) is 14.0 Å². The molecule has 102 valence electrons. The SMILES string of the molecule is COc1ccc(COC[C@H](C)C(O)C(C)O)cc1. The van der Waals surface area contributed by atoms with Crippen LogP contribution < -0.4 is 4.74 Å². The van der Waals surface area contributed by atoms with Gasteiger partial charge in [0.1, 0.15) is 5.75 Å². The van der Waals surface area contributed by atoms with Crippen LogP contribution in [-0.2, 0) is 11.3 Å². The van der Waals surface area contributed by atoms with Crippen LogP contribution in [0.4, 0.5) is 0 Å². The highest BCUT2D eigenvalue weighted by Gasteiger charge is 2.19. The first-order valence-electron chi connectivity index (χ1n) is 6.11. The van der Waals surface area contributed by atoms with Crippen LogP contribution in [-0.4, -0.2) is 36.1 Å². The first-order chi connectivity index (χ1) is 8.54. The zero-order chi connectivity index (χ0) is 13.5. The Morgan fingerprint density at radius 1 is 1.11 bits per heavy atom. The summed E-state index contributed by atoms with van der Waals surface area (Å²) >= 11 is 0. The summed E-state index contributed by atoms with van der Waals surface area (Å²) in [5.41, 5.74) is 1.05. The number of aliphatic hydroxyl groups is 2. The highest BCUT2D eigenvalue weighted by Crippen LogP contribution is 2.13. The third kappa shape index (κ3) is 4.64. The number of benzene rings is 1. The zero-order valence-electron chi connectivity index (χ0n) is 11.2. The molecule has 4 heteroatoms. The summed E-state index contributed by atoms with van der Waals surface area (Å²) in [4.78, 5) is 0. The maximum atomic E-state index is 9.61. The number of methoxy groups -OCH3 is 1. The van der Waals surface area contributed by atoms with Crippen molar-refractivity contribution in [2.45, 2.75) is 32.7 Å². The van der Waals surface area contributed by atoms with Crippen LogP contribution in [0.5, 0.6) is 5.75 Å². The topological polar surface area (TPSA) is 58.9 Å². The van der Waals surface area contributed by atoms with Crippen molar-refractivity contribution in [3.63, 3.8) is 0 Å². The van der Waals surface area contributed by atoms with Crippen molar-refractivity contribution in [1.82, 2.24) is 0 Å². The molecule has 0 aliphatic heterocycles. The molecule has 2 N–H and O–H groups in total. The van der Waals surface area contributed by atoms with E-state index in [9.17, 15) is 10.2 Å². The Morgan fingerprint density at radius 3 is 2.22 bits per heavy atom. The molecule has 0 bridgehead atoms. The van der Waals surface area contributed by atoms with E-state index in [1.807, 2.05) is 31.2 Å². The van der Waals surface area contributed by atoms with E-state index in [2.05, 4.69) is 0 Å². The second-order valence-electron chi connectivity index (χ2n) is 4.57. The van der Waals surface area contributed by atoms with Gasteiger partial charge in [-0.1, -0.05) is 19.1 Å². The van der Waals surface area contributed by atoms with Crippen LogP contribution >= 0.6 is 0 Å². The maximum Gasteiger partial charge on any atom is 0.118 e. The lowest BCUT2D eigenvalue weighted by Gasteiger charge is -2.21. The van der Waals surface area contributed by atoms with Gasteiger partial charge in [-0.3, -0.25) is 0 Å². The molecule has 1 aromatic rings. The quantitative estimate of drug-likeness (QED) is 0.776. The summed E-state index contributed by atoms with van der Waals surface area (Å²) in [7, 11) is 1.63. The number of rotatable bonds is 7. The minimum atomic E-state index is -0.749. The maximum absolute atomic E-state index is 9.61. The Kier molecular flexibility index (Phi) is 6.12. The lowest BCUT2D eigenvalue weighted by atomic mass is 10.0. The molecule has 0 aromatic heterocycles. The van der Waals surface area contributed by atoms with E-state index < -0.39 is 12.2 Å². The predicted octanol–water partition coefficient (Wildman–Crippen LogP) is 1.59. The molecular formula is C14H22O4. The van der Waals surface area contributed by atoms with Gasteiger partial charge in [-0.25, -0.2) is 0 Å². The Bertz CT molecular complexity index is 334. The summed E-state index contributed by atoms with van der Waals surface area (Å²) in [6.07, 6.45) is -1.48. The van der Waals surface area contributed by atoms with Gasteiger partial charge < -0.3 is 19.7 Å². The Labute approximate surface area is 108 Å². The molecule has 0 radical (unpaired) electrons. The van der Waals surface area contributed by atoms with Crippen molar-refractivity contribution < 1.29 is 19.7 Å². The molecule has 18 heavy (non-hydrogen) atoms. The minimum absolute atomic E-state index is 0.0942. The van der Waals surface area contributed by atoms with Crippen molar-refractivity contribution in [2.75, 3.05) is 13.7 Å². The monoisotopic (exact) mass is 254 g/mol. The summed E-state index contributed by atoms with van der Waals surface area (Å²) < 4.78 is 10.6. The van der Waals surface area contributed by atoms with Gasteiger partial charge in [-0.15, -0.1) is 0 Å². The normalized spacial score (nSPS) is 16.1. The number of hydrogen-bond acceptors (Lipinski definition) is 4. The van der Waals surface area contributed by atoms with Gasteiger partial charge in [0, 0.05) is 5.92 Å². The molecule has 0 amide bonds. The van der Waals surface area contributed by atoms with E-state index in [-0.39, 0.29) is 5.92 Å². The third-order valence-electron chi connectivity index (χ3n) is 2.89. The van der Waals surface area contributed by atoms with E-state index in [1.165, 1.54) is 0 Å². The highest BCUT2D eigenvalue weighted by molar-refractivity contribution is 5.26. The lowest BCUT2D eigenvalue weighted by Crippen LogP contribution is -2.32. The Morgan fingerprint density at radius 2 is 1.72 bits per heavy atom. The van der Waals surface area contributed by atoms with Crippen LogP contribution in [0.1, 0.15) is 19.4 Å². The number of ether oxygens (including phenoxy) is 2. The summed E-state index contributed by atoms with van der Waals surface area (Å²) in [6.45, 7) is 4.33. The van der Waals surface area contributed by atoms with Crippen LogP contribution in [0, 0.1) is 5.92 Å². The van der Waals surface area contributed by atoms with Gasteiger partial charge in [0.25, 0.3) is 0 Å². The van der Waals surface area contributed by atoms with Crippen LogP contribution in [0.15, 0.2) is 24.3 Å². The fourth-order valence-corrected chi connectivity index (χ4v) is 1.66. The van der Waals surface area contributed by atoms with E-state index in [0.717, 1.165) is 11.3 Å². The van der Waals surface area contributed by atoms with Gasteiger partial charge in [0.15, 0.2) is 0 Å². The molecule has 0 heterocycles. The first kappa shape index (κ1) is 15.0. The van der Waals surface area contributed by atoms with Gasteiger partial charge in [-0.2, -0.15) is 0 Å². The van der Waals surface area contributed by atoms with Crippen LogP contribution in [0.3, 0.4) is 0 Å². The average Bonchev–Trinajstić information content (AvgIpc) is 2.38. The van der Waals surface area contributed by atoms with E-state index in [0.29, 0.717) is 13.2 Å². The molecule has 0 saturated heterocycles. The lowest BCUT2D eigenvalue weighted by molar-refractivity contribution is -0.0338. The Hall–Kier alpha value is -1.10. The number of aliphatic hydroxyl groups excluding tert-OH is 2. The fourth-order valence-electron chi connectivity index (χ4n) is 1.66. The molecule has 1 rings (SSSR count). The third-order valence-corrected chi connectivity index (χ3v) is 2.89. The van der Waals surface area contributed by atoms with Gasteiger partial charge in [-0.05, 0) is 24.6 Å². The second kappa shape index (κ2) is 7.36. The van der Waals surface area contributed by atoms with Crippen molar-refractivity contribution in [1.29, 1.82) is 0 Å². The first-order valence-corrected chi connectivity index (χ1v) is 6.11. The smallest absolute Gasteiger partial charge is 0.118 e. The largest absolute Gasteiger partial charge is 0.497 e. The van der Waals surface area contributed by atoms with Crippen molar-refractivity contribution in [3.05, 3.63) is 29.8 Å². The molecule has 4 nitrogen and oxygen atoms in total. The van der Waals surface area contributed by atoms with Gasteiger partial charge in [0.2, 0.25) is 0 Å². The molecule has 1 aromatic carbocycles. The predicted molar refractivity (Wildman–Crippen MR) is 69.5 cm³/mol. The van der Waals surface area contributed by atoms with E-state index >= 15 is 0 Å². The van der Waals surface area contributed by atoms with E-state index in [4.69, 9.17) is 9.47 Å². The summed E-state index contributed by atoms with van der Waals surface area (Å²) in [6, 6.07) is 7.64. The molecule has 0 fully saturated rings. The standard InChI is InChI=1S/C14H22O4/c1-10(14(16)11(2)15)8-18-9-12-4-6-13(17-3)7-5-12/h4-7,10-11,14-16H,8-9H2,1-3H3/t10-,11?,14?/m0/s1. The zero-order valence-corrected chi connectivity index (χ0v) is 11.2. The van der Waals surface area contributed by atoms with Crippen molar-refractivity contribution in [2.24, 2.45) is 5.92 Å². The van der Waals surface area contributed by atoms with Crippen LogP contribution in [0.2, 0.25) is 0 Å². The van der Waals surface area contributed by atoms with Crippen molar-refractivity contribution >= 4 is 0 Å². The molecule has 3 atom stereocenters. The average molecular weight is 254 g/mol. The summed E-state index contributed by atoms with van der Waals surface area (Å²) in [5, 5.41) is 18.9. The molecular weight excluding hydrogens is 232 g/mol. The van der Waals surface area contributed by atoms with Crippen molar-refractivity contribution in [3.8, 4) is 5.75 Å². The second-order valence-corrected chi connectivity index (χ2v) is 4.57. The minimum Gasteiger partial charge on any atom is -0.497 e. The molecule has 0 spiro atoms.